The van der Waals surface area contributed by atoms with Gasteiger partial charge in [0.05, 0.1) is 22.7 Å². The van der Waals surface area contributed by atoms with Gasteiger partial charge in [0.1, 0.15) is 5.00 Å². The van der Waals surface area contributed by atoms with E-state index in [9.17, 15) is 18.0 Å². The van der Waals surface area contributed by atoms with E-state index in [0.29, 0.717) is 16.1 Å². The molecule has 0 spiro atoms. The predicted octanol–water partition coefficient (Wildman–Crippen LogP) is 2.93. The molecule has 0 unspecified atom stereocenters. The standard InChI is InChI=1S/C25H34N4O5S2/c1-5-11-28-12-10-20-21(15-28)35-25(22(20)24(31)26-4)27-23(30)18-6-8-19(9-7-18)36(32,33)29-13-16(2)34-17(3)14-29/h6-9,16-17H,5,10-15H2,1-4H3,(H,26,31)(H,27,30)/t16-,17+. The summed E-state index contributed by atoms with van der Waals surface area (Å²) in [7, 11) is -2.11. The zero-order valence-electron chi connectivity index (χ0n) is 21.2. The first kappa shape index (κ1) is 26.7. The van der Waals surface area contributed by atoms with Gasteiger partial charge in [0.15, 0.2) is 0 Å². The van der Waals surface area contributed by atoms with Crippen molar-refractivity contribution in [3.63, 3.8) is 0 Å². The minimum absolute atomic E-state index is 0.133. The number of morpholine rings is 1. The highest BCUT2D eigenvalue weighted by molar-refractivity contribution is 7.89. The van der Waals surface area contributed by atoms with Gasteiger partial charge >= 0.3 is 0 Å². The lowest BCUT2D eigenvalue weighted by Crippen LogP contribution is -2.48. The lowest BCUT2D eigenvalue weighted by molar-refractivity contribution is -0.0440. The third-order valence-electron chi connectivity index (χ3n) is 6.50. The molecule has 1 saturated heterocycles. The zero-order valence-corrected chi connectivity index (χ0v) is 22.8. The number of sulfonamides is 1. The largest absolute Gasteiger partial charge is 0.373 e. The summed E-state index contributed by atoms with van der Waals surface area (Å²) < 4.78 is 33.3. The highest BCUT2D eigenvalue weighted by Gasteiger charge is 2.32. The van der Waals surface area contributed by atoms with Crippen LogP contribution in [-0.4, -0.2) is 74.9 Å². The summed E-state index contributed by atoms with van der Waals surface area (Å²) in [5.74, 6) is -0.608. The first-order valence-corrected chi connectivity index (χ1v) is 14.6. The van der Waals surface area contributed by atoms with Gasteiger partial charge < -0.3 is 15.4 Å². The Morgan fingerprint density at radius 1 is 1.11 bits per heavy atom. The first-order valence-electron chi connectivity index (χ1n) is 12.3. The number of fused-ring (bicyclic) bond motifs is 1. The summed E-state index contributed by atoms with van der Waals surface area (Å²) in [5.41, 5.74) is 1.84. The van der Waals surface area contributed by atoms with Crippen molar-refractivity contribution in [2.45, 2.75) is 57.3 Å². The van der Waals surface area contributed by atoms with Crippen molar-refractivity contribution in [1.82, 2.24) is 14.5 Å². The van der Waals surface area contributed by atoms with Crippen molar-refractivity contribution in [3.8, 4) is 0 Å². The Kier molecular flexibility index (Phi) is 8.15. The Labute approximate surface area is 216 Å². The van der Waals surface area contributed by atoms with E-state index in [1.54, 1.807) is 7.05 Å². The summed E-state index contributed by atoms with van der Waals surface area (Å²) in [6.45, 7) is 9.05. The number of nitrogens with one attached hydrogen (secondary N) is 2. The number of hydrogen-bond donors (Lipinski definition) is 2. The molecule has 1 fully saturated rings. The van der Waals surface area contributed by atoms with Gasteiger partial charge in [0, 0.05) is 43.7 Å². The Bertz CT molecular complexity index is 1220. The van der Waals surface area contributed by atoms with Gasteiger partial charge in [-0.05, 0) is 63.1 Å². The van der Waals surface area contributed by atoms with Crippen molar-refractivity contribution < 1.29 is 22.7 Å². The van der Waals surface area contributed by atoms with E-state index in [1.165, 1.54) is 39.9 Å². The Morgan fingerprint density at radius 3 is 2.39 bits per heavy atom. The molecule has 0 bridgehead atoms. The second-order valence-electron chi connectivity index (χ2n) is 9.37. The van der Waals surface area contributed by atoms with Crippen molar-refractivity contribution >= 4 is 38.2 Å². The molecule has 2 aromatic rings. The van der Waals surface area contributed by atoms with Crippen molar-refractivity contribution in [2.24, 2.45) is 0 Å². The number of ether oxygens (including phenoxy) is 1. The quantitative estimate of drug-likeness (QED) is 0.566. The van der Waals surface area contributed by atoms with Crippen LogP contribution in [0.1, 0.15) is 58.3 Å². The minimum atomic E-state index is -3.70. The van der Waals surface area contributed by atoms with E-state index in [-0.39, 0.29) is 42.0 Å². The molecule has 2 amide bonds. The zero-order chi connectivity index (χ0) is 26.0. The van der Waals surface area contributed by atoms with Crippen molar-refractivity contribution in [2.75, 3.05) is 38.5 Å². The fraction of sp³-hybridized carbons (Fsp3) is 0.520. The van der Waals surface area contributed by atoms with E-state index in [4.69, 9.17) is 4.74 Å². The first-order chi connectivity index (χ1) is 17.1. The Balaban J connectivity index is 1.53. The van der Waals surface area contributed by atoms with Crippen LogP contribution in [0.4, 0.5) is 5.00 Å². The molecule has 0 aliphatic carbocycles. The van der Waals surface area contributed by atoms with Gasteiger partial charge in [0.2, 0.25) is 10.0 Å². The van der Waals surface area contributed by atoms with E-state index in [2.05, 4.69) is 22.5 Å². The molecule has 0 saturated carbocycles. The van der Waals surface area contributed by atoms with Gasteiger partial charge in [-0.3, -0.25) is 14.5 Å². The number of thiophene rings is 1. The summed E-state index contributed by atoms with van der Waals surface area (Å²) in [4.78, 5) is 29.4. The maximum atomic E-state index is 13.1. The maximum absolute atomic E-state index is 13.1. The second-order valence-corrected chi connectivity index (χ2v) is 12.4. The van der Waals surface area contributed by atoms with Gasteiger partial charge in [-0.15, -0.1) is 11.3 Å². The molecular formula is C25H34N4O5S2. The highest BCUT2D eigenvalue weighted by atomic mass is 32.2. The highest BCUT2D eigenvalue weighted by Crippen LogP contribution is 2.37. The van der Waals surface area contributed by atoms with Crippen molar-refractivity contribution in [3.05, 3.63) is 45.8 Å². The molecule has 11 heteroatoms. The Morgan fingerprint density at radius 2 is 1.78 bits per heavy atom. The molecule has 2 aliphatic heterocycles. The summed E-state index contributed by atoms with van der Waals surface area (Å²) in [6, 6.07) is 5.92. The normalized spacial score (nSPS) is 21.1. The number of rotatable bonds is 7. The van der Waals surface area contributed by atoms with Gasteiger partial charge in [-0.2, -0.15) is 4.31 Å². The third kappa shape index (κ3) is 5.50. The molecule has 9 nitrogen and oxygen atoms in total. The molecule has 2 atom stereocenters. The van der Waals surface area contributed by atoms with E-state index < -0.39 is 10.0 Å². The van der Waals surface area contributed by atoms with Gasteiger partial charge in [0.25, 0.3) is 11.8 Å². The Hall–Kier alpha value is -2.31. The number of carbonyl (C=O) groups excluding carboxylic acids is 2. The summed E-state index contributed by atoms with van der Waals surface area (Å²) >= 11 is 1.44. The van der Waals surface area contributed by atoms with Crippen LogP contribution in [0.15, 0.2) is 29.2 Å². The molecule has 196 valence electrons. The fourth-order valence-corrected chi connectivity index (χ4v) is 7.72. The summed E-state index contributed by atoms with van der Waals surface area (Å²) in [6.07, 6.45) is 1.44. The van der Waals surface area contributed by atoms with Crippen molar-refractivity contribution in [1.29, 1.82) is 0 Å². The smallest absolute Gasteiger partial charge is 0.256 e. The molecular weight excluding hydrogens is 500 g/mol. The number of amides is 2. The SMILES string of the molecule is CCCN1CCc2c(sc(NC(=O)c3ccc(S(=O)(=O)N4C[C@@H](C)O[C@@H](C)C4)cc3)c2C(=O)NC)C1. The topological polar surface area (TPSA) is 108 Å². The number of anilines is 1. The molecule has 1 aromatic carbocycles. The monoisotopic (exact) mass is 534 g/mol. The minimum Gasteiger partial charge on any atom is -0.373 e. The van der Waals surface area contributed by atoms with Crippen LogP contribution in [-0.2, 0) is 27.7 Å². The van der Waals surface area contributed by atoms with Crippen LogP contribution in [0.3, 0.4) is 0 Å². The predicted molar refractivity (Wildman–Crippen MR) is 140 cm³/mol. The second kappa shape index (κ2) is 11.0. The van der Waals surface area contributed by atoms with E-state index in [0.717, 1.165) is 42.9 Å². The molecule has 4 rings (SSSR count). The number of benzene rings is 1. The van der Waals surface area contributed by atoms with Crippen LogP contribution >= 0.6 is 11.3 Å². The molecule has 2 N–H and O–H groups in total. The third-order valence-corrected chi connectivity index (χ3v) is 9.48. The molecule has 1 aromatic heterocycles. The van der Waals surface area contributed by atoms with Crippen LogP contribution in [0.5, 0.6) is 0 Å². The van der Waals surface area contributed by atoms with Gasteiger partial charge in [-0.1, -0.05) is 6.92 Å². The van der Waals surface area contributed by atoms with E-state index in [1.807, 2.05) is 13.8 Å². The van der Waals surface area contributed by atoms with Crippen LogP contribution < -0.4 is 10.6 Å². The van der Waals surface area contributed by atoms with Crippen LogP contribution in [0.2, 0.25) is 0 Å². The number of hydrogen-bond acceptors (Lipinski definition) is 7. The average molecular weight is 535 g/mol. The molecule has 3 heterocycles. The molecule has 2 aliphatic rings. The van der Waals surface area contributed by atoms with Gasteiger partial charge in [-0.25, -0.2) is 8.42 Å². The lowest BCUT2D eigenvalue weighted by Gasteiger charge is -2.34. The maximum Gasteiger partial charge on any atom is 0.256 e. The number of carbonyl (C=O) groups is 2. The van der Waals surface area contributed by atoms with Crippen LogP contribution in [0, 0.1) is 0 Å². The molecule has 36 heavy (non-hydrogen) atoms. The average Bonchev–Trinajstić information content (AvgIpc) is 3.20. The lowest BCUT2D eigenvalue weighted by atomic mass is 10.0. The summed E-state index contributed by atoms with van der Waals surface area (Å²) in [5, 5.41) is 6.12. The fourth-order valence-electron chi connectivity index (χ4n) is 4.85. The number of nitrogens with zero attached hydrogens (tertiary/aromatic N) is 2. The van der Waals surface area contributed by atoms with Crippen LogP contribution in [0.25, 0.3) is 0 Å². The van der Waals surface area contributed by atoms with E-state index >= 15 is 0 Å². The molecule has 0 radical (unpaired) electrons.